The smallest absolute Gasteiger partial charge is 0.226 e. The number of hydrogen-bond acceptors (Lipinski definition) is 9. The van der Waals surface area contributed by atoms with Crippen molar-refractivity contribution in [2.45, 2.75) is 25.0 Å². The van der Waals surface area contributed by atoms with Crippen LogP contribution in [0.5, 0.6) is 0 Å². The van der Waals surface area contributed by atoms with Crippen molar-refractivity contribution in [2.24, 2.45) is 0 Å². The van der Waals surface area contributed by atoms with Crippen LogP contribution in [0, 0.1) is 6.92 Å². The van der Waals surface area contributed by atoms with Gasteiger partial charge in [-0.1, -0.05) is 6.07 Å². The summed E-state index contributed by atoms with van der Waals surface area (Å²) in [5, 5.41) is 4.23. The zero-order valence-corrected chi connectivity index (χ0v) is 18.1. The molecule has 1 saturated heterocycles. The second kappa shape index (κ2) is 8.23. The average molecular weight is 423 g/mol. The highest BCUT2D eigenvalue weighted by Crippen LogP contribution is 2.35. The van der Waals surface area contributed by atoms with Gasteiger partial charge in [0.15, 0.2) is 5.82 Å². The summed E-state index contributed by atoms with van der Waals surface area (Å²) >= 11 is 1.80. The number of anilines is 4. The molecule has 2 fully saturated rings. The van der Waals surface area contributed by atoms with E-state index in [1.54, 1.807) is 24.5 Å². The molecule has 0 radical (unpaired) electrons. The van der Waals surface area contributed by atoms with Crippen LogP contribution in [-0.2, 0) is 0 Å². The molecular weight excluding hydrogens is 396 g/mol. The van der Waals surface area contributed by atoms with Gasteiger partial charge in [-0.05, 0) is 56.5 Å². The van der Waals surface area contributed by atoms with Crippen LogP contribution in [0.4, 0.5) is 23.1 Å². The van der Waals surface area contributed by atoms with Gasteiger partial charge in [-0.2, -0.15) is 0 Å². The first kappa shape index (κ1) is 19.3. The Balaban J connectivity index is 1.42. The van der Waals surface area contributed by atoms with E-state index in [0.717, 1.165) is 65.3 Å². The minimum Gasteiger partial charge on any atom is -0.338 e. The molecule has 9 heteroatoms. The number of piperazine rings is 1. The van der Waals surface area contributed by atoms with Gasteiger partial charge in [0.25, 0.3) is 0 Å². The maximum atomic E-state index is 4.83. The van der Waals surface area contributed by atoms with Crippen molar-refractivity contribution in [1.82, 2.24) is 24.8 Å². The molecule has 2 N–H and O–H groups in total. The van der Waals surface area contributed by atoms with Gasteiger partial charge in [-0.25, -0.2) is 19.9 Å². The Morgan fingerprint density at radius 2 is 1.90 bits per heavy atom. The Labute approximate surface area is 180 Å². The van der Waals surface area contributed by atoms with Crippen LogP contribution in [0.25, 0.3) is 11.0 Å². The summed E-state index contributed by atoms with van der Waals surface area (Å²) in [6, 6.07) is 6.36. The lowest BCUT2D eigenvalue weighted by Crippen LogP contribution is -2.45. The third-order valence-electron chi connectivity index (χ3n) is 5.51. The summed E-state index contributed by atoms with van der Waals surface area (Å²) in [5.74, 6) is 1.44. The summed E-state index contributed by atoms with van der Waals surface area (Å²) in [7, 11) is 2.14. The van der Waals surface area contributed by atoms with Crippen LogP contribution < -0.4 is 14.9 Å². The van der Waals surface area contributed by atoms with Gasteiger partial charge in [0.05, 0.1) is 6.20 Å². The first-order valence-electron chi connectivity index (χ1n) is 10.4. The lowest BCUT2D eigenvalue weighted by atomic mass is 10.2. The number of likely N-dealkylation sites (N-methyl/N-ethyl adjacent to an activating group) is 1. The molecule has 0 atom stereocenters. The van der Waals surface area contributed by atoms with E-state index in [-0.39, 0.29) is 0 Å². The summed E-state index contributed by atoms with van der Waals surface area (Å²) in [4.78, 5) is 22.8. The third-order valence-corrected chi connectivity index (χ3v) is 6.67. The molecule has 0 unspecified atom stereocenters. The average Bonchev–Trinajstić information content (AvgIpc) is 3.59. The number of hydrogen-bond donors (Lipinski definition) is 2. The number of benzene rings is 1. The fraction of sp³-hybridized carbons (Fsp3) is 0.429. The Kier molecular flexibility index (Phi) is 5.30. The molecule has 1 aliphatic carbocycles. The molecule has 3 heterocycles. The van der Waals surface area contributed by atoms with Crippen molar-refractivity contribution in [3.63, 3.8) is 0 Å². The number of rotatable bonds is 6. The maximum absolute atomic E-state index is 4.83. The van der Waals surface area contributed by atoms with Crippen LogP contribution in [0.3, 0.4) is 0 Å². The maximum Gasteiger partial charge on any atom is 0.226 e. The largest absolute Gasteiger partial charge is 0.338 e. The van der Waals surface area contributed by atoms with Crippen LogP contribution in [0.2, 0.25) is 0 Å². The molecule has 1 saturated carbocycles. The van der Waals surface area contributed by atoms with Crippen molar-refractivity contribution in [1.29, 1.82) is 0 Å². The lowest BCUT2D eigenvalue weighted by Gasteiger charge is -2.32. The fourth-order valence-corrected chi connectivity index (χ4v) is 4.18. The summed E-state index contributed by atoms with van der Waals surface area (Å²) in [6.45, 7) is 5.95. The molecule has 0 spiro atoms. The molecular formula is C21H26N8S. The fourth-order valence-electron chi connectivity index (χ4n) is 3.38. The van der Waals surface area contributed by atoms with Crippen molar-refractivity contribution < 1.29 is 0 Å². The van der Waals surface area contributed by atoms with Crippen LogP contribution in [-0.4, -0.2) is 63.3 Å². The molecule has 1 aliphatic heterocycles. The second-order valence-electron chi connectivity index (χ2n) is 7.99. The first-order valence-corrected chi connectivity index (χ1v) is 11.2. The van der Waals surface area contributed by atoms with E-state index in [1.807, 2.05) is 0 Å². The SMILES string of the molecule is Cc1ccc(NSC2CC2)cc1Nc1ncnc2cnc(N3CCN(C)CC3)nc12. The number of fused-ring (bicyclic) bond motifs is 1. The Morgan fingerprint density at radius 1 is 1.07 bits per heavy atom. The molecule has 0 amide bonds. The quantitative estimate of drug-likeness (QED) is 0.580. The van der Waals surface area contributed by atoms with Gasteiger partial charge < -0.3 is 19.8 Å². The predicted octanol–water partition coefficient (Wildman–Crippen LogP) is 3.45. The molecule has 8 nitrogen and oxygen atoms in total. The number of aromatic nitrogens is 4. The molecule has 156 valence electrons. The summed E-state index contributed by atoms with van der Waals surface area (Å²) in [5.41, 5.74) is 4.73. The normalized spacial score (nSPS) is 17.3. The Morgan fingerprint density at radius 3 is 2.70 bits per heavy atom. The molecule has 2 aromatic heterocycles. The van der Waals surface area contributed by atoms with E-state index in [9.17, 15) is 0 Å². The molecule has 3 aromatic rings. The third kappa shape index (κ3) is 4.27. The van der Waals surface area contributed by atoms with Gasteiger partial charge >= 0.3 is 0 Å². The number of aryl methyl sites for hydroxylation is 1. The Bertz CT molecular complexity index is 1050. The standard InChI is InChI=1S/C21H26N8S/c1-14-3-4-15(27-30-16-5-6-16)11-17(14)25-20-19-18(23-13-24-20)12-22-21(26-19)29-9-7-28(2)8-10-29/h3-4,11-13,16,27H,5-10H2,1-2H3,(H,23,24,25). The van der Waals surface area contributed by atoms with Gasteiger partial charge in [-0.3, -0.25) is 0 Å². The number of nitrogens with one attached hydrogen (secondary N) is 2. The van der Waals surface area contributed by atoms with E-state index in [2.05, 4.69) is 67.0 Å². The van der Waals surface area contributed by atoms with Crippen LogP contribution >= 0.6 is 11.9 Å². The molecule has 1 aromatic carbocycles. The van der Waals surface area contributed by atoms with Gasteiger partial charge in [0.2, 0.25) is 5.95 Å². The second-order valence-corrected chi connectivity index (χ2v) is 9.10. The Hall–Kier alpha value is -2.65. The number of nitrogens with zero attached hydrogens (tertiary/aromatic N) is 6. The highest BCUT2D eigenvalue weighted by molar-refractivity contribution is 8.01. The van der Waals surface area contributed by atoms with Crippen molar-refractivity contribution in [2.75, 3.05) is 48.2 Å². The predicted molar refractivity (Wildman–Crippen MR) is 124 cm³/mol. The van der Waals surface area contributed by atoms with E-state index >= 15 is 0 Å². The van der Waals surface area contributed by atoms with E-state index in [0.29, 0.717) is 5.82 Å². The zero-order valence-electron chi connectivity index (χ0n) is 17.3. The molecule has 5 rings (SSSR count). The zero-order chi connectivity index (χ0) is 20.5. The van der Waals surface area contributed by atoms with Gasteiger partial charge in [0, 0.05) is 42.8 Å². The van der Waals surface area contributed by atoms with E-state index in [4.69, 9.17) is 4.98 Å². The van der Waals surface area contributed by atoms with Crippen molar-refractivity contribution in [3.8, 4) is 0 Å². The van der Waals surface area contributed by atoms with Crippen LogP contribution in [0.15, 0.2) is 30.7 Å². The highest BCUT2D eigenvalue weighted by Gasteiger charge is 2.22. The minimum absolute atomic E-state index is 0.702. The van der Waals surface area contributed by atoms with Crippen molar-refractivity contribution >= 4 is 46.1 Å². The van der Waals surface area contributed by atoms with Crippen molar-refractivity contribution in [3.05, 3.63) is 36.3 Å². The van der Waals surface area contributed by atoms with Crippen LogP contribution in [0.1, 0.15) is 18.4 Å². The molecule has 2 aliphatic rings. The monoisotopic (exact) mass is 422 g/mol. The highest BCUT2D eigenvalue weighted by atomic mass is 32.2. The summed E-state index contributed by atoms with van der Waals surface area (Å²) < 4.78 is 3.46. The first-order chi connectivity index (χ1) is 14.7. The topological polar surface area (TPSA) is 82.1 Å². The minimum atomic E-state index is 0.702. The van der Waals surface area contributed by atoms with Gasteiger partial charge in [-0.15, -0.1) is 0 Å². The summed E-state index contributed by atoms with van der Waals surface area (Å²) in [6.07, 6.45) is 5.96. The van der Waals surface area contributed by atoms with E-state index in [1.165, 1.54) is 12.8 Å². The van der Waals surface area contributed by atoms with E-state index < -0.39 is 0 Å². The molecule has 0 bridgehead atoms. The molecule has 30 heavy (non-hydrogen) atoms. The lowest BCUT2D eigenvalue weighted by molar-refractivity contribution is 0.311. The van der Waals surface area contributed by atoms with Gasteiger partial charge in [0.1, 0.15) is 17.4 Å².